The Balaban J connectivity index is 1.45. The lowest BCUT2D eigenvalue weighted by Gasteiger charge is -2.32. The molecule has 0 spiro atoms. The van der Waals surface area contributed by atoms with E-state index in [0.29, 0.717) is 18.9 Å². The Labute approximate surface area is 144 Å². The summed E-state index contributed by atoms with van der Waals surface area (Å²) in [5.41, 5.74) is 1.35. The minimum absolute atomic E-state index is 0.120. The van der Waals surface area contributed by atoms with Gasteiger partial charge in [-0.1, -0.05) is 43.2 Å². The summed E-state index contributed by atoms with van der Waals surface area (Å²) in [7, 11) is 0. The van der Waals surface area contributed by atoms with Gasteiger partial charge in [0, 0.05) is 31.6 Å². The first-order valence-corrected chi connectivity index (χ1v) is 9.36. The van der Waals surface area contributed by atoms with Crippen LogP contribution in [-0.4, -0.2) is 37.9 Å². The fourth-order valence-electron chi connectivity index (χ4n) is 3.84. The molecule has 0 unspecified atom stereocenters. The quantitative estimate of drug-likeness (QED) is 0.869. The van der Waals surface area contributed by atoms with Gasteiger partial charge >= 0.3 is 0 Å². The van der Waals surface area contributed by atoms with Crippen molar-refractivity contribution >= 4 is 5.91 Å². The second-order valence-electron chi connectivity index (χ2n) is 6.91. The standard InChI is InChI=1S/C20H29NO3/c22-20(12-15-24-17-10-13-23-14-11-17)21-19-9-5-4-8-18(19)16-6-2-1-3-7-16/h1-3,6-7,17-19H,4-5,8-15H2,(H,21,22)/t18-,19-/m0/s1. The normalized spacial score (nSPS) is 25.3. The van der Waals surface area contributed by atoms with Gasteiger partial charge in [0.25, 0.3) is 0 Å². The number of nitrogens with one attached hydrogen (secondary N) is 1. The summed E-state index contributed by atoms with van der Waals surface area (Å²) in [5.74, 6) is 0.565. The van der Waals surface area contributed by atoms with Gasteiger partial charge < -0.3 is 14.8 Å². The second-order valence-corrected chi connectivity index (χ2v) is 6.91. The van der Waals surface area contributed by atoms with Crippen LogP contribution in [0.4, 0.5) is 0 Å². The minimum Gasteiger partial charge on any atom is -0.381 e. The van der Waals surface area contributed by atoms with Crippen LogP contribution in [0.25, 0.3) is 0 Å². The SMILES string of the molecule is O=C(CCOC1CCOCC1)N[C@H]1CCCC[C@H]1c1ccccc1. The Hall–Kier alpha value is -1.39. The highest BCUT2D eigenvalue weighted by atomic mass is 16.5. The maximum Gasteiger partial charge on any atom is 0.222 e. The van der Waals surface area contributed by atoms with Crippen molar-refractivity contribution in [2.45, 2.75) is 63.0 Å². The number of hydrogen-bond donors (Lipinski definition) is 1. The van der Waals surface area contributed by atoms with Crippen molar-refractivity contribution < 1.29 is 14.3 Å². The molecule has 0 radical (unpaired) electrons. The van der Waals surface area contributed by atoms with Crippen LogP contribution in [0.5, 0.6) is 0 Å². The minimum atomic E-state index is 0.120. The topological polar surface area (TPSA) is 47.6 Å². The zero-order chi connectivity index (χ0) is 16.6. The summed E-state index contributed by atoms with van der Waals surface area (Å²) < 4.78 is 11.1. The van der Waals surface area contributed by atoms with Crippen molar-refractivity contribution in [3.8, 4) is 0 Å². The van der Waals surface area contributed by atoms with Crippen LogP contribution in [0.1, 0.15) is 56.4 Å². The molecule has 2 atom stereocenters. The summed E-state index contributed by atoms with van der Waals surface area (Å²) in [5, 5.41) is 3.26. The van der Waals surface area contributed by atoms with E-state index >= 15 is 0 Å². The third-order valence-corrected chi connectivity index (χ3v) is 5.19. The van der Waals surface area contributed by atoms with E-state index in [2.05, 4.69) is 29.6 Å². The first kappa shape index (κ1) is 17.4. The van der Waals surface area contributed by atoms with Crippen LogP contribution in [0.2, 0.25) is 0 Å². The van der Waals surface area contributed by atoms with Gasteiger partial charge in [0.15, 0.2) is 0 Å². The maximum atomic E-state index is 12.3. The van der Waals surface area contributed by atoms with E-state index in [1.165, 1.54) is 18.4 Å². The highest BCUT2D eigenvalue weighted by Crippen LogP contribution is 2.33. The number of hydrogen-bond acceptors (Lipinski definition) is 3. The van der Waals surface area contributed by atoms with Gasteiger partial charge in [0.2, 0.25) is 5.91 Å². The van der Waals surface area contributed by atoms with Crippen molar-refractivity contribution in [3.05, 3.63) is 35.9 Å². The van der Waals surface area contributed by atoms with Crippen LogP contribution in [-0.2, 0) is 14.3 Å². The number of carbonyl (C=O) groups excluding carboxylic acids is 1. The van der Waals surface area contributed by atoms with E-state index in [1.807, 2.05) is 6.07 Å². The highest BCUT2D eigenvalue weighted by molar-refractivity contribution is 5.76. The summed E-state index contributed by atoms with van der Waals surface area (Å²) in [6, 6.07) is 10.9. The van der Waals surface area contributed by atoms with Gasteiger partial charge in [-0.3, -0.25) is 4.79 Å². The van der Waals surface area contributed by atoms with Crippen LogP contribution in [0.3, 0.4) is 0 Å². The largest absolute Gasteiger partial charge is 0.381 e. The molecule has 2 fully saturated rings. The second kappa shape index (κ2) is 9.19. The predicted octanol–water partition coefficient (Wildman–Crippen LogP) is 3.41. The molecule has 4 heteroatoms. The van der Waals surface area contributed by atoms with Gasteiger partial charge in [0.1, 0.15) is 0 Å². The van der Waals surface area contributed by atoms with Crippen molar-refractivity contribution in [2.24, 2.45) is 0 Å². The molecule has 132 valence electrons. The highest BCUT2D eigenvalue weighted by Gasteiger charge is 2.27. The molecule has 3 rings (SSSR count). The lowest BCUT2D eigenvalue weighted by atomic mass is 9.80. The molecular weight excluding hydrogens is 302 g/mol. The average molecular weight is 331 g/mol. The zero-order valence-electron chi connectivity index (χ0n) is 14.4. The first-order valence-electron chi connectivity index (χ1n) is 9.36. The molecule has 1 aromatic carbocycles. The molecular formula is C20H29NO3. The molecule has 1 aliphatic heterocycles. The van der Waals surface area contributed by atoms with Crippen molar-refractivity contribution in [2.75, 3.05) is 19.8 Å². The van der Waals surface area contributed by atoms with E-state index in [-0.39, 0.29) is 18.1 Å². The van der Waals surface area contributed by atoms with Gasteiger partial charge in [0.05, 0.1) is 12.7 Å². The van der Waals surface area contributed by atoms with E-state index < -0.39 is 0 Å². The predicted molar refractivity (Wildman–Crippen MR) is 94.0 cm³/mol. The number of ether oxygens (including phenoxy) is 2. The van der Waals surface area contributed by atoms with Gasteiger partial charge in [-0.15, -0.1) is 0 Å². The fourth-order valence-corrected chi connectivity index (χ4v) is 3.84. The molecule has 1 saturated carbocycles. The molecule has 1 saturated heterocycles. The van der Waals surface area contributed by atoms with Gasteiger partial charge in [-0.2, -0.15) is 0 Å². The number of carbonyl (C=O) groups is 1. The number of amides is 1. The lowest BCUT2D eigenvalue weighted by molar-refractivity contribution is -0.124. The van der Waals surface area contributed by atoms with Gasteiger partial charge in [-0.25, -0.2) is 0 Å². The van der Waals surface area contributed by atoms with Crippen LogP contribution >= 0.6 is 0 Å². The molecule has 0 bridgehead atoms. The molecule has 1 aromatic rings. The van der Waals surface area contributed by atoms with E-state index in [9.17, 15) is 4.79 Å². The monoisotopic (exact) mass is 331 g/mol. The van der Waals surface area contributed by atoms with Crippen LogP contribution in [0, 0.1) is 0 Å². The number of rotatable bonds is 6. The number of benzene rings is 1. The first-order chi connectivity index (χ1) is 11.8. The third-order valence-electron chi connectivity index (χ3n) is 5.19. The summed E-state index contributed by atoms with van der Waals surface area (Å²) in [6.07, 6.45) is 7.29. The Bertz CT molecular complexity index is 499. The van der Waals surface area contributed by atoms with Gasteiger partial charge in [-0.05, 0) is 31.2 Å². The summed E-state index contributed by atoms with van der Waals surface area (Å²) >= 11 is 0. The Kier molecular flexibility index (Phi) is 6.67. The molecule has 0 aromatic heterocycles. The molecule has 1 aliphatic carbocycles. The van der Waals surface area contributed by atoms with Crippen LogP contribution < -0.4 is 5.32 Å². The van der Waals surface area contributed by atoms with E-state index in [0.717, 1.165) is 38.9 Å². The molecule has 4 nitrogen and oxygen atoms in total. The van der Waals surface area contributed by atoms with Crippen molar-refractivity contribution in [1.82, 2.24) is 5.32 Å². The van der Waals surface area contributed by atoms with Crippen molar-refractivity contribution in [3.63, 3.8) is 0 Å². The lowest BCUT2D eigenvalue weighted by Crippen LogP contribution is -2.41. The summed E-state index contributed by atoms with van der Waals surface area (Å²) in [4.78, 5) is 12.3. The van der Waals surface area contributed by atoms with E-state index in [4.69, 9.17) is 9.47 Å². The molecule has 1 heterocycles. The van der Waals surface area contributed by atoms with E-state index in [1.54, 1.807) is 0 Å². The Morgan fingerprint density at radius 3 is 2.62 bits per heavy atom. The fraction of sp³-hybridized carbons (Fsp3) is 0.650. The smallest absolute Gasteiger partial charge is 0.222 e. The summed E-state index contributed by atoms with van der Waals surface area (Å²) in [6.45, 7) is 2.06. The zero-order valence-corrected chi connectivity index (χ0v) is 14.4. The molecule has 1 N–H and O–H groups in total. The third kappa shape index (κ3) is 5.05. The Morgan fingerprint density at radius 1 is 1.08 bits per heavy atom. The molecule has 24 heavy (non-hydrogen) atoms. The average Bonchev–Trinajstić information content (AvgIpc) is 2.64. The molecule has 2 aliphatic rings. The van der Waals surface area contributed by atoms with Crippen molar-refractivity contribution in [1.29, 1.82) is 0 Å². The Morgan fingerprint density at radius 2 is 1.83 bits per heavy atom. The maximum absolute atomic E-state index is 12.3. The molecule has 1 amide bonds. The van der Waals surface area contributed by atoms with Crippen LogP contribution in [0.15, 0.2) is 30.3 Å².